The van der Waals surface area contributed by atoms with Crippen LogP contribution in [0.3, 0.4) is 0 Å². The molecular formula is C13H21NO3. The summed E-state index contributed by atoms with van der Waals surface area (Å²) >= 11 is 0. The summed E-state index contributed by atoms with van der Waals surface area (Å²) in [6, 6.07) is 0. The van der Waals surface area contributed by atoms with E-state index < -0.39 is 0 Å². The van der Waals surface area contributed by atoms with Gasteiger partial charge in [-0.15, -0.1) is 0 Å². The second-order valence-corrected chi connectivity index (χ2v) is 5.29. The summed E-state index contributed by atoms with van der Waals surface area (Å²) in [6.45, 7) is 2.49. The number of carbonyl (C=O) groups is 2. The van der Waals surface area contributed by atoms with Crippen LogP contribution in [-0.4, -0.2) is 25.0 Å². The van der Waals surface area contributed by atoms with Crippen molar-refractivity contribution in [3.05, 3.63) is 0 Å². The molecule has 1 N–H and O–H groups in total. The molecule has 0 aliphatic heterocycles. The van der Waals surface area contributed by atoms with Crippen molar-refractivity contribution in [1.82, 2.24) is 5.32 Å². The van der Waals surface area contributed by atoms with Crippen LogP contribution in [0.5, 0.6) is 0 Å². The highest BCUT2D eigenvalue weighted by Gasteiger charge is 2.43. The molecule has 2 bridgehead atoms. The van der Waals surface area contributed by atoms with Crippen LogP contribution in [0.15, 0.2) is 0 Å². The molecule has 0 spiro atoms. The molecule has 0 aromatic carbocycles. The standard InChI is InChI=1S/C13H21NO3/c1-9(15)14-5-2-6-17-13(16)12-8-10-3-4-11(12)7-10/h10-12H,2-8H2,1H3,(H,14,15). The van der Waals surface area contributed by atoms with Gasteiger partial charge < -0.3 is 10.1 Å². The van der Waals surface area contributed by atoms with Crippen LogP contribution in [0.4, 0.5) is 0 Å². The lowest BCUT2D eigenvalue weighted by atomic mass is 9.89. The van der Waals surface area contributed by atoms with Gasteiger partial charge in [0.15, 0.2) is 0 Å². The predicted molar refractivity (Wildman–Crippen MR) is 63.2 cm³/mol. The molecule has 0 saturated heterocycles. The molecule has 2 aliphatic rings. The zero-order valence-corrected chi connectivity index (χ0v) is 10.4. The van der Waals surface area contributed by atoms with Crippen LogP contribution in [0.25, 0.3) is 0 Å². The van der Waals surface area contributed by atoms with Crippen molar-refractivity contribution in [2.45, 2.75) is 39.0 Å². The molecule has 0 heterocycles. The van der Waals surface area contributed by atoms with Crippen molar-refractivity contribution in [1.29, 1.82) is 0 Å². The monoisotopic (exact) mass is 239 g/mol. The number of hydrogen-bond donors (Lipinski definition) is 1. The van der Waals surface area contributed by atoms with E-state index in [1.54, 1.807) is 0 Å². The maximum atomic E-state index is 11.8. The number of hydrogen-bond acceptors (Lipinski definition) is 3. The van der Waals surface area contributed by atoms with E-state index in [0.29, 0.717) is 25.5 Å². The number of carbonyl (C=O) groups excluding carboxylic acids is 2. The largest absolute Gasteiger partial charge is 0.465 e. The molecule has 3 atom stereocenters. The smallest absolute Gasteiger partial charge is 0.309 e. The highest BCUT2D eigenvalue weighted by atomic mass is 16.5. The van der Waals surface area contributed by atoms with E-state index in [1.165, 1.54) is 26.2 Å². The van der Waals surface area contributed by atoms with Crippen molar-refractivity contribution in [2.75, 3.05) is 13.2 Å². The molecule has 1 amide bonds. The quantitative estimate of drug-likeness (QED) is 0.584. The minimum absolute atomic E-state index is 0.0139. The fraction of sp³-hybridized carbons (Fsp3) is 0.846. The Labute approximate surface area is 102 Å². The molecule has 4 nitrogen and oxygen atoms in total. The number of fused-ring (bicyclic) bond motifs is 2. The van der Waals surface area contributed by atoms with Gasteiger partial charge in [0.05, 0.1) is 12.5 Å². The van der Waals surface area contributed by atoms with Crippen LogP contribution in [-0.2, 0) is 14.3 Å². The SMILES string of the molecule is CC(=O)NCCCOC(=O)C1CC2CCC1C2. The fourth-order valence-corrected chi connectivity index (χ4v) is 3.15. The van der Waals surface area contributed by atoms with E-state index >= 15 is 0 Å². The first-order valence-corrected chi connectivity index (χ1v) is 6.58. The first-order valence-electron chi connectivity index (χ1n) is 6.58. The molecule has 3 unspecified atom stereocenters. The first-order chi connectivity index (χ1) is 8.16. The van der Waals surface area contributed by atoms with Crippen LogP contribution >= 0.6 is 0 Å². The fourth-order valence-electron chi connectivity index (χ4n) is 3.15. The summed E-state index contributed by atoms with van der Waals surface area (Å²) in [5.74, 6) is 1.47. The Balaban J connectivity index is 1.60. The van der Waals surface area contributed by atoms with Gasteiger partial charge in [-0.05, 0) is 37.5 Å². The minimum atomic E-state index is -0.0376. The molecule has 0 aromatic heterocycles. The molecule has 4 heteroatoms. The summed E-state index contributed by atoms with van der Waals surface area (Å²) < 4.78 is 5.27. The lowest BCUT2D eigenvalue weighted by Gasteiger charge is -2.19. The summed E-state index contributed by atoms with van der Waals surface area (Å²) in [4.78, 5) is 22.4. The van der Waals surface area contributed by atoms with Gasteiger partial charge in [-0.1, -0.05) is 6.42 Å². The van der Waals surface area contributed by atoms with Crippen molar-refractivity contribution in [3.63, 3.8) is 0 Å². The van der Waals surface area contributed by atoms with Gasteiger partial charge in [0.2, 0.25) is 5.91 Å². The molecule has 2 aliphatic carbocycles. The third kappa shape index (κ3) is 3.20. The molecule has 0 aromatic rings. The Morgan fingerprint density at radius 3 is 2.71 bits per heavy atom. The summed E-state index contributed by atoms with van der Waals surface area (Å²) in [5.41, 5.74) is 0. The first kappa shape index (κ1) is 12.4. The predicted octanol–water partition coefficient (Wildman–Crippen LogP) is 1.49. The van der Waals surface area contributed by atoms with Gasteiger partial charge >= 0.3 is 5.97 Å². The maximum absolute atomic E-state index is 11.8. The third-order valence-electron chi connectivity index (χ3n) is 3.98. The Hall–Kier alpha value is -1.06. The Kier molecular flexibility index (Phi) is 4.02. The van der Waals surface area contributed by atoms with E-state index in [-0.39, 0.29) is 17.8 Å². The van der Waals surface area contributed by atoms with E-state index in [2.05, 4.69) is 5.32 Å². The summed E-state index contributed by atoms with van der Waals surface area (Å²) in [7, 11) is 0. The number of nitrogens with one attached hydrogen (secondary N) is 1. The topological polar surface area (TPSA) is 55.4 Å². The molecule has 96 valence electrons. The number of rotatable bonds is 5. The lowest BCUT2D eigenvalue weighted by Crippen LogP contribution is -2.25. The normalized spacial score (nSPS) is 30.3. The average molecular weight is 239 g/mol. The number of ether oxygens (including phenoxy) is 1. The zero-order chi connectivity index (χ0) is 12.3. The molecule has 0 radical (unpaired) electrons. The second kappa shape index (κ2) is 5.52. The highest BCUT2D eigenvalue weighted by molar-refractivity contribution is 5.73. The van der Waals surface area contributed by atoms with E-state index in [4.69, 9.17) is 4.74 Å². The molecular weight excluding hydrogens is 218 g/mol. The lowest BCUT2D eigenvalue weighted by molar-refractivity contribution is -0.150. The van der Waals surface area contributed by atoms with Crippen LogP contribution < -0.4 is 5.32 Å². The van der Waals surface area contributed by atoms with Gasteiger partial charge in [-0.3, -0.25) is 9.59 Å². The maximum Gasteiger partial charge on any atom is 0.309 e. The van der Waals surface area contributed by atoms with Gasteiger partial charge in [0.1, 0.15) is 0 Å². The van der Waals surface area contributed by atoms with Crippen molar-refractivity contribution in [3.8, 4) is 0 Å². The number of esters is 1. The van der Waals surface area contributed by atoms with E-state index in [9.17, 15) is 9.59 Å². The van der Waals surface area contributed by atoms with Crippen molar-refractivity contribution < 1.29 is 14.3 Å². The Morgan fingerprint density at radius 2 is 2.12 bits per heavy atom. The van der Waals surface area contributed by atoms with Gasteiger partial charge in [0, 0.05) is 13.5 Å². The molecule has 2 fully saturated rings. The summed E-state index contributed by atoms with van der Waals surface area (Å²) in [6.07, 6.45) is 5.47. The average Bonchev–Trinajstić information content (AvgIpc) is 2.89. The zero-order valence-electron chi connectivity index (χ0n) is 10.4. The summed E-state index contributed by atoms with van der Waals surface area (Å²) in [5, 5.41) is 2.69. The van der Waals surface area contributed by atoms with E-state index in [0.717, 1.165) is 12.3 Å². The Bertz CT molecular complexity index is 303. The molecule has 2 rings (SSSR count). The van der Waals surface area contributed by atoms with Crippen LogP contribution in [0.1, 0.15) is 39.0 Å². The highest BCUT2D eigenvalue weighted by Crippen LogP contribution is 2.48. The number of amides is 1. The van der Waals surface area contributed by atoms with Gasteiger partial charge in [-0.2, -0.15) is 0 Å². The van der Waals surface area contributed by atoms with Gasteiger partial charge in [0.25, 0.3) is 0 Å². The van der Waals surface area contributed by atoms with E-state index in [1.807, 2.05) is 0 Å². The van der Waals surface area contributed by atoms with Crippen molar-refractivity contribution >= 4 is 11.9 Å². The third-order valence-corrected chi connectivity index (χ3v) is 3.98. The second-order valence-electron chi connectivity index (χ2n) is 5.29. The molecule has 2 saturated carbocycles. The van der Waals surface area contributed by atoms with Crippen LogP contribution in [0.2, 0.25) is 0 Å². The van der Waals surface area contributed by atoms with Crippen molar-refractivity contribution in [2.24, 2.45) is 17.8 Å². The van der Waals surface area contributed by atoms with Gasteiger partial charge in [-0.25, -0.2) is 0 Å². The minimum Gasteiger partial charge on any atom is -0.465 e. The Morgan fingerprint density at radius 1 is 1.29 bits per heavy atom. The van der Waals surface area contributed by atoms with Crippen LogP contribution in [0, 0.1) is 17.8 Å². The molecule has 17 heavy (non-hydrogen) atoms.